The Morgan fingerprint density at radius 3 is 1.80 bits per heavy atom. The second kappa shape index (κ2) is 4.69. The average molecular weight is 146 g/mol. The minimum Gasteiger partial charge on any atom is -0.393 e. The molecule has 0 rings (SSSR count). The second-order valence-electron chi connectivity index (χ2n) is 3.24. The highest BCUT2D eigenvalue weighted by atomic mass is 16.3. The van der Waals surface area contributed by atoms with Crippen molar-refractivity contribution in [2.75, 3.05) is 0 Å². The third-order valence-corrected chi connectivity index (χ3v) is 1.65. The molecule has 0 saturated carbocycles. The lowest BCUT2D eigenvalue weighted by atomic mass is 10.0. The van der Waals surface area contributed by atoms with Crippen molar-refractivity contribution in [3.63, 3.8) is 0 Å². The molecule has 0 fully saturated rings. The molecule has 2 N–H and O–H groups in total. The first kappa shape index (κ1) is 9.92. The van der Waals surface area contributed by atoms with Gasteiger partial charge in [0, 0.05) is 0 Å². The highest BCUT2D eigenvalue weighted by molar-refractivity contribution is 4.61. The van der Waals surface area contributed by atoms with Crippen molar-refractivity contribution in [2.45, 2.75) is 45.8 Å². The zero-order valence-electron chi connectivity index (χ0n) is 7.04. The molecular weight excluding hydrogens is 128 g/mol. The van der Waals surface area contributed by atoms with Crippen molar-refractivity contribution in [1.29, 1.82) is 0 Å². The van der Waals surface area contributed by atoms with Crippen LogP contribution in [0, 0.1) is 5.92 Å². The lowest BCUT2D eigenvalue weighted by Gasteiger charge is -2.14. The maximum atomic E-state index is 9.26. The predicted molar refractivity (Wildman–Crippen MR) is 41.8 cm³/mol. The van der Waals surface area contributed by atoms with Crippen LogP contribution >= 0.6 is 0 Å². The van der Waals surface area contributed by atoms with E-state index in [2.05, 4.69) is 0 Å². The lowest BCUT2D eigenvalue weighted by molar-refractivity contribution is 0.0905. The van der Waals surface area contributed by atoms with Crippen LogP contribution in [0.5, 0.6) is 0 Å². The lowest BCUT2D eigenvalue weighted by Crippen LogP contribution is -2.16. The van der Waals surface area contributed by atoms with E-state index >= 15 is 0 Å². The van der Waals surface area contributed by atoms with Crippen LogP contribution in [0.25, 0.3) is 0 Å². The fourth-order valence-electron chi connectivity index (χ4n) is 0.745. The van der Waals surface area contributed by atoms with Gasteiger partial charge >= 0.3 is 0 Å². The summed E-state index contributed by atoms with van der Waals surface area (Å²) in [7, 11) is 0. The molecule has 0 amide bonds. The van der Waals surface area contributed by atoms with Gasteiger partial charge in [0.1, 0.15) is 0 Å². The number of rotatable bonds is 4. The quantitative estimate of drug-likeness (QED) is 0.625. The van der Waals surface area contributed by atoms with Gasteiger partial charge in [0.15, 0.2) is 0 Å². The summed E-state index contributed by atoms with van der Waals surface area (Å²) in [5.41, 5.74) is 0. The SMILES string of the molecule is CC(C)C(O)CC[C@H](C)O. The van der Waals surface area contributed by atoms with Crippen LogP contribution in [-0.2, 0) is 0 Å². The molecule has 0 spiro atoms. The second-order valence-corrected chi connectivity index (χ2v) is 3.24. The first-order chi connectivity index (χ1) is 4.54. The van der Waals surface area contributed by atoms with Crippen LogP contribution in [0.15, 0.2) is 0 Å². The number of hydrogen-bond acceptors (Lipinski definition) is 2. The Hall–Kier alpha value is -0.0800. The van der Waals surface area contributed by atoms with Crippen LogP contribution in [0.1, 0.15) is 33.6 Å². The highest BCUT2D eigenvalue weighted by Crippen LogP contribution is 2.09. The third-order valence-electron chi connectivity index (χ3n) is 1.65. The normalized spacial score (nSPS) is 17.4. The van der Waals surface area contributed by atoms with Gasteiger partial charge < -0.3 is 10.2 Å². The summed E-state index contributed by atoms with van der Waals surface area (Å²) in [5, 5.41) is 18.1. The van der Waals surface area contributed by atoms with Gasteiger partial charge in [0.05, 0.1) is 12.2 Å². The van der Waals surface area contributed by atoms with E-state index in [1.807, 2.05) is 13.8 Å². The van der Waals surface area contributed by atoms with Gasteiger partial charge in [-0.25, -0.2) is 0 Å². The summed E-state index contributed by atoms with van der Waals surface area (Å²) in [6.45, 7) is 5.70. The fraction of sp³-hybridized carbons (Fsp3) is 1.00. The Morgan fingerprint density at radius 2 is 1.50 bits per heavy atom. The number of aliphatic hydroxyl groups excluding tert-OH is 2. The van der Waals surface area contributed by atoms with E-state index in [9.17, 15) is 5.11 Å². The molecule has 0 radical (unpaired) electrons. The van der Waals surface area contributed by atoms with E-state index in [-0.39, 0.29) is 12.2 Å². The molecule has 0 aromatic heterocycles. The zero-order valence-corrected chi connectivity index (χ0v) is 7.04. The molecule has 62 valence electrons. The smallest absolute Gasteiger partial charge is 0.0564 e. The van der Waals surface area contributed by atoms with E-state index < -0.39 is 0 Å². The Balaban J connectivity index is 3.30. The summed E-state index contributed by atoms with van der Waals surface area (Å²) >= 11 is 0. The molecule has 1 unspecified atom stereocenters. The molecule has 10 heavy (non-hydrogen) atoms. The summed E-state index contributed by atoms with van der Waals surface area (Å²) in [6.07, 6.45) is 0.859. The van der Waals surface area contributed by atoms with Crippen LogP contribution in [0.2, 0.25) is 0 Å². The molecule has 0 aromatic carbocycles. The zero-order chi connectivity index (χ0) is 8.15. The average Bonchev–Trinajstić information content (AvgIpc) is 1.82. The van der Waals surface area contributed by atoms with E-state index in [1.165, 1.54) is 0 Å². The third kappa shape index (κ3) is 4.77. The molecule has 2 heteroatoms. The monoisotopic (exact) mass is 146 g/mol. The van der Waals surface area contributed by atoms with Gasteiger partial charge in [0.25, 0.3) is 0 Å². The van der Waals surface area contributed by atoms with Crippen LogP contribution in [-0.4, -0.2) is 22.4 Å². The predicted octanol–water partition coefficient (Wildman–Crippen LogP) is 1.16. The van der Waals surface area contributed by atoms with Crippen LogP contribution in [0.4, 0.5) is 0 Å². The highest BCUT2D eigenvalue weighted by Gasteiger charge is 2.09. The molecule has 0 aromatic rings. The van der Waals surface area contributed by atoms with Crippen molar-refractivity contribution >= 4 is 0 Å². The Bertz CT molecular complexity index is 79.3. The van der Waals surface area contributed by atoms with E-state index in [0.29, 0.717) is 18.8 Å². The van der Waals surface area contributed by atoms with Crippen molar-refractivity contribution < 1.29 is 10.2 Å². The van der Waals surface area contributed by atoms with E-state index in [4.69, 9.17) is 5.11 Å². The molecule has 2 nitrogen and oxygen atoms in total. The summed E-state index contributed by atoms with van der Waals surface area (Å²) in [5.74, 6) is 0.304. The fourth-order valence-corrected chi connectivity index (χ4v) is 0.745. The largest absolute Gasteiger partial charge is 0.393 e. The minimum absolute atomic E-state index is 0.255. The van der Waals surface area contributed by atoms with Crippen molar-refractivity contribution in [1.82, 2.24) is 0 Å². The van der Waals surface area contributed by atoms with Gasteiger partial charge in [-0.15, -0.1) is 0 Å². The van der Waals surface area contributed by atoms with Crippen LogP contribution in [0.3, 0.4) is 0 Å². The topological polar surface area (TPSA) is 40.5 Å². The van der Waals surface area contributed by atoms with Crippen molar-refractivity contribution in [3.8, 4) is 0 Å². The Morgan fingerprint density at radius 1 is 1.00 bits per heavy atom. The van der Waals surface area contributed by atoms with Crippen molar-refractivity contribution in [3.05, 3.63) is 0 Å². The van der Waals surface area contributed by atoms with Gasteiger partial charge in [-0.05, 0) is 25.7 Å². The maximum Gasteiger partial charge on any atom is 0.0564 e. The maximum absolute atomic E-state index is 9.26. The van der Waals surface area contributed by atoms with Gasteiger partial charge in [-0.1, -0.05) is 13.8 Å². The summed E-state index contributed by atoms with van der Waals surface area (Å²) < 4.78 is 0. The Kier molecular flexibility index (Phi) is 4.65. The molecule has 0 aliphatic rings. The standard InChI is InChI=1S/C8H18O2/c1-6(2)8(10)5-4-7(3)9/h6-10H,4-5H2,1-3H3/t7-,8?/m0/s1. The molecule has 0 aliphatic heterocycles. The number of aliphatic hydroxyl groups is 2. The molecule has 0 saturated heterocycles. The number of hydrogen-bond donors (Lipinski definition) is 2. The van der Waals surface area contributed by atoms with Crippen molar-refractivity contribution in [2.24, 2.45) is 5.92 Å². The summed E-state index contributed by atoms with van der Waals surface area (Å²) in [6, 6.07) is 0. The summed E-state index contributed by atoms with van der Waals surface area (Å²) in [4.78, 5) is 0. The molecule has 0 aliphatic carbocycles. The molecule has 2 atom stereocenters. The van der Waals surface area contributed by atoms with E-state index in [0.717, 1.165) is 0 Å². The molecule has 0 heterocycles. The van der Waals surface area contributed by atoms with Gasteiger partial charge in [-0.2, -0.15) is 0 Å². The first-order valence-electron chi connectivity index (χ1n) is 3.90. The van der Waals surface area contributed by atoms with Crippen LogP contribution < -0.4 is 0 Å². The Labute approximate surface area is 62.9 Å². The molecular formula is C8H18O2. The minimum atomic E-state index is -0.284. The first-order valence-corrected chi connectivity index (χ1v) is 3.90. The van der Waals surface area contributed by atoms with E-state index in [1.54, 1.807) is 6.92 Å². The molecule has 0 bridgehead atoms. The van der Waals surface area contributed by atoms with Gasteiger partial charge in [-0.3, -0.25) is 0 Å². The van der Waals surface area contributed by atoms with Gasteiger partial charge in [0.2, 0.25) is 0 Å².